The molecular formula is C19H18N2O. The Morgan fingerprint density at radius 1 is 0.818 bits per heavy atom. The molecule has 0 atom stereocenters. The van der Waals surface area contributed by atoms with Crippen LogP contribution in [0.4, 0.5) is 0 Å². The molecule has 3 heteroatoms. The Hall–Kier alpha value is -2.68. The van der Waals surface area contributed by atoms with Crippen LogP contribution >= 0.6 is 0 Å². The van der Waals surface area contributed by atoms with Gasteiger partial charge in [-0.25, -0.2) is 4.79 Å². The highest BCUT2D eigenvalue weighted by Crippen LogP contribution is 2.23. The normalized spacial score (nSPS) is 10.7. The molecule has 3 aromatic rings. The number of H-pyrrole nitrogens is 1. The van der Waals surface area contributed by atoms with Crippen LogP contribution in [0.5, 0.6) is 0 Å². The van der Waals surface area contributed by atoms with Gasteiger partial charge in [0.15, 0.2) is 0 Å². The van der Waals surface area contributed by atoms with Gasteiger partial charge in [0.1, 0.15) is 0 Å². The smallest absolute Gasteiger partial charge is 0.305 e. The summed E-state index contributed by atoms with van der Waals surface area (Å²) >= 11 is 0. The molecule has 22 heavy (non-hydrogen) atoms. The minimum atomic E-state index is -0.327. The van der Waals surface area contributed by atoms with Gasteiger partial charge in [-0.05, 0) is 49.6 Å². The van der Waals surface area contributed by atoms with Crippen LogP contribution in [0.15, 0.2) is 53.3 Å². The summed E-state index contributed by atoms with van der Waals surface area (Å²) in [7, 11) is 0. The average Bonchev–Trinajstić information content (AvgIpc) is 2.50. The number of nitrogens with one attached hydrogen (secondary N) is 1. The lowest BCUT2D eigenvalue weighted by molar-refractivity contribution is 1.08. The molecule has 0 saturated carbocycles. The first-order chi connectivity index (χ1) is 10.5. The highest BCUT2D eigenvalue weighted by Gasteiger charge is 2.06. The van der Waals surface area contributed by atoms with Gasteiger partial charge in [0.2, 0.25) is 0 Å². The van der Waals surface area contributed by atoms with Crippen LogP contribution in [0, 0.1) is 20.8 Å². The molecule has 0 fully saturated rings. The monoisotopic (exact) mass is 290 g/mol. The van der Waals surface area contributed by atoms with E-state index in [-0.39, 0.29) is 5.69 Å². The van der Waals surface area contributed by atoms with Crippen molar-refractivity contribution >= 4 is 0 Å². The van der Waals surface area contributed by atoms with E-state index >= 15 is 0 Å². The van der Waals surface area contributed by atoms with Crippen molar-refractivity contribution in [2.75, 3.05) is 0 Å². The zero-order chi connectivity index (χ0) is 15.7. The number of aromatic nitrogens is 2. The molecule has 0 bridgehead atoms. The van der Waals surface area contributed by atoms with Gasteiger partial charge in [0.05, 0.1) is 11.4 Å². The SMILES string of the molecule is Cc1ccc(-c2cc(-c3ccc(C)c(C)c3)nc(=O)[nH]2)cc1. The number of benzene rings is 2. The second kappa shape index (κ2) is 5.60. The fraction of sp³-hybridized carbons (Fsp3) is 0.158. The molecular weight excluding hydrogens is 272 g/mol. The highest BCUT2D eigenvalue weighted by atomic mass is 16.1. The van der Waals surface area contributed by atoms with Crippen molar-refractivity contribution in [2.24, 2.45) is 0 Å². The van der Waals surface area contributed by atoms with Gasteiger partial charge in [-0.15, -0.1) is 0 Å². The summed E-state index contributed by atoms with van der Waals surface area (Å²) in [5.74, 6) is 0. The maximum atomic E-state index is 11.9. The number of nitrogens with zero attached hydrogens (tertiary/aromatic N) is 1. The highest BCUT2D eigenvalue weighted by molar-refractivity contribution is 5.68. The van der Waals surface area contributed by atoms with E-state index in [1.807, 2.05) is 43.3 Å². The molecule has 3 rings (SSSR count). The third-order valence-electron chi connectivity index (χ3n) is 3.91. The standard InChI is InChI=1S/C19H18N2O/c1-12-4-7-15(8-5-12)17-11-18(21-19(22)20-17)16-9-6-13(2)14(3)10-16/h4-11H,1-3H3,(H,20,21,22). The molecule has 1 heterocycles. The molecule has 0 saturated heterocycles. The van der Waals surface area contributed by atoms with Crippen LogP contribution in [-0.2, 0) is 0 Å². The first-order valence-electron chi connectivity index (χ1n) is 7.29. The molecule has 110 valence electrons. The Bertz CT molecular complexity index is 877. The van der Waals surface area contributed by atoms with E-state index in [0.29, 0.717) is 5.69 Å². The van der Waals surface area contributed by atoms with Crippen molar-refractivity contribution < 1.29 is 0 Å². The molecule has 0 unspecified atom stereocenters. The van der Waals surface area contributed by atoms with Crippen LogP contribution in [-0.4, -0.2) is 9.97 Å². The predicted octanol–water partition coefficient (Wildman–Crippen LogP) is 4.03. The van der Waals surface area contributed by atoms with Crippen LogP contribution in [0.3, 0.4) is 0 Å². The van der Waals surface area contributed by atoms with Gasteiger partial charge in [-0.3, -0.25) is 0 Å². The Kier molecular flexibility index (Phi) is 3.63. The lowest BCUT2D eigenvalue weighted by Crippen LogP contribution is -2.12. The largest absolute Gasteiger partial charge is 0.345 e. The van der Waals surface area contributed by atoms with Crippen LogP contribution < -0.4 is 5.69 Å². The van der Waals surface area contributed by atoms with Gasteiger partial charge >= 0.3 is 5.69 Å². The molecule has 0 spiro atoms. The molecule has 0 amide bonds. The third-order valence-corrected chi connectivity index (χ3v) is 3.91. The minimum Gasteiger partial charge on any atom is -0.305 e. The van der Waals surface area contributed by atoms with Crippen LogP contribution in [0.2, 0.25) is 0 Å². The van der Waals surface area contributed by atoms with Gasteiger partial charge in [0, 0.05) is 5.56 Å². The molecule has 2 aromatic carbocycles. The molecule has 0 aliphatic rings. The Morgan fingerprint density at radius 3 is 2.18 bits per heavy atom. The van der Waals surface area contributed by atoms with E-state index in [1.54, 1.807) is 0 Å². The van der Waals surface area contributed by atoms with Crippen molar-refractivity contribution in [1.82, 2.24) is 9.97 Å². The third kappa shape index (κ3) is 2.84. The van der Waals surface area contributed by atoms with Crippen molar-refractivity contribution in [3.63, 3.8) is 0 Å². The maximum absolute atomic E-state index is 11.9. The zero-order valence-electron chi connectivity index (χ0n) is 13.0. The number of hydrogen-bond acceptors (Lipinski definition) is 2. The summed E-state index contributed by atoms with van der Waals surface area (Å²) < 4.78 is 0. The molecule has 0 aliphatic carbocycles. The van der Waals surface area contributed by atoms with Crippen molar-refractivity contribution in [1.29, 1.82) is 0 Å². The Balaban J connectivity index is 2.12. The van der Waals surface area contributed by atoms with E-state index in [0.717, 1.165) is 16.8 Å². The summed E-state index contributed by atoms with van der Waals surface area (Å²) in [6.45, 7) is 6.18. The Labute approximate surface area is 129 Å². The fourth-order valence-electron chi connectivity index (χ4n) is 2.39. The number of hydrogen-bond donors (Lipinski definition) is 1. The summed E-state index contributed by atoms with van der Waals surface area (Å²) in [6, 6.07) is 16.1. The van der Waals surface area contributed by atoms with E-state index < -0.39 is 0 Å². The van der Waals surface area contributed by atoms with E-state index in [9.17, 15) is 4.79 Å². The molecule has 1 N–H and O–H groups in total. The summed E-state index contributed by atoms with van der Waals surface area (Å²) in [5, 5.41) is 0. The van der Waals surface area contributed by atoms with Gasteiger partial charge in [0.25, 0.3) is 0 Å². The first-order valence-corrected chi connectivity index (χ1v) is 7.29. The number of rotatable bonds is 2. The Morgan fingerprint density at radius 2 is 1.50 bits per heavy atom. The van der Waals surface area contributed by atoms with Gasteiger partial charge in [-0.2, -0.15) is 4.98 Å². The lowest BCUT2D eigenvalue weighted by atomic mass is 10.0. The van der Waals surface area contributed by atoms with Crippen LogP contribution in [0.25, 0.3) is 22.5 Å². The maximum Gasteiger partial charge on any atom is 0.345 e. The number of aryl methyl sites for hydroxylation is 3. The van der Waals surface area contributed by atoms with Gasteiger partial charge in [-0.1, -0.05) is 42.0 Å². The van der Waals surface area contributed by atoms with E-state index in [1.165, 1.54) is 16.7 Å². The zero-order valence-corrected chi connectivity index (χ0v) is 13.0. The summed E-state index contributed by atoms with van der Waals surface area (Å²) in [4.78, 5) is 18.8. The van der Waals surface area contributed by atoms with Gasteiger partial charge < -0.3 is 4.98 Å². The van der Waals surface area contributed by atoms with E-state index in [4.69, 9.17) is 0 Å². The van der Waals surface area contributed by atoms with E-state index in [2.05, 4.69) is 35.9 Å². The quantitative estimate of drug-likeness (QED) is 0.774. The summed E-state index contributed by atoms with van der Waals surface area (Å²) in [6.07, 6.45) is 0. The molecule has 3 nitrogen and oxygen atoms in total. The van der Waals surface area contributed by atoms with Crippen molar-refractivity contribution in [3.05, 3.63) is 75.7 Å². The fourth-order valence-corrected chi connectivity index (χ4v) is 2.39. The van der Waals surface area contributed by atoms with Crippen molar-refractivity contribution in [2.45, 2.75) is 20.8 Å². The average molecular weight is 290 g/mol. The molecule has 0 radical (unpaired) electrons. The molecule has 0 aliphatic heterocycles. The van der Waals surface area contributed by atoms with Crippen LogP contribution in [0.1, 0.15) is 16.7 Å². The summed E-state index contributed by atoms with van der Waals surface area (Å²) in [5.41, 5.74) is 6.71. The minimum absolute atomic E-state index is 0.327. The predicted molar refractivity (Wildman–Crippen MR) is 89.9 cm³/mol. The topological polar surface area (TPSA) is 45.8 Å². The number of aromatic amines is 1. The first kappa shape index (κ1) is 14.3. The van der Waals surface area contributed by atoms with Crippen molar-refractivity contribution in [3.8, 4) is 22.5 Å². The second-order valence-corrected chi connectivity index (χ2v) is 5.65. The molecule has 1 aromatic heterocycles. The lowest BCUT2D eigenvalue weighted by Gasteiger charge is -2.07. The second-order valence-electron chi connectivity index (χ2n) is 5.65.